The predicted molar refractivity (Wildman–Crippen MR) is 94.7 cm³/mol. The molecular formula is C18H18F3N5O. The molecular weight excluding hydrogens is 359 g/mol. The molecule has 9 heteroatoms. The fraction of sp³-hybridized carbons (Fsp3) is 0.278. The topological polar surface area (TPSA) is 71.3 Å². The zero-order chi connectivity index (χ0) is 19.6. The summed E-state index contributed by atoms with van der Waals surface area (Å²) < 4.78 is 39.5. The van der Waals surface area contributed by atoms with Crippen molar-refractivity contribution in [2.75, 3.05) is 5.32 Å². The fourth-order valence-electron chi connectivity index (χ4n) is 2.42. The lowest BCUT2D eigenvalue weighted by atomic mass is 10.2. The smallest absolute Gasteiger partial charge is 0.323 e. The quantitative estimate of drug-likeness (QED) is 0.687. The Morgan fingerprint density at radius 1 is 1.19 bits per heavy atom. The molecule has 2 aromatic heterocycles. The maximum absolute atomic E-state index is 12.6. The number of alkyl halides is 3. The van der Waals surface area contributed by atoms with Gasteiger partial charge >= 0.3 is 6.18 Å². The molecule has 2 N–H and O–H groups in total. The lowest BCUT2D eigenvalue weighted by molar-refractivity contribution is -0.137. The highest BCUT2D eigenvalue weighted by molar-refractivity contribution is 5.80. The largest absolute Gasteiger partial charge is 0.416 e. The minimum atomic E-state index is -4.38. The second-order valence-corrected chi connectivity index (χ2v) is 6.14. The lowest BCUT2D eigenvalue weighted by Gasteiger charge is -2.10. The van der Waals surface area contributed by atoms with Crippen LogP contribution in [-0.4, -0.2) is 26.4 Å². The SMILES string of the molecule is CC(=O)[C@@H](C)NCc1cccc2nc(Nc3ccc(C(F)(F)F)cc3)nn12. The Labute approximate surface area is 153 Å². The molecule has 1 atom stereocenters. The number of Topliss-reactive ketones (excluding diaryl/α,β-unsaturated/α-hetero) is 1. The Bertz CT molecular complexity index is 950. The molecule has 3 rings (SSSR count). The third-order valence-corrected chi connectivity index (χ3v) is 4.11. The van der Waals surface area contributed by atoms with Crippen LogP contribution in [0.25, 0.3) is 5.65 Å². The summed E-state index contributed by atoms with van der Waals surface area (Å²) in [4.78, 5) is 15.7. The number of pyridine rings is 1. The molecule has 0 radical (unpaired) electrons. The van der Waals surface area contributed by atoms with Crippen LogP contribution >= 0.6 is 0 Å². The van der Waals surface area contributed by atoms with E-state index >= 15 is 0 Å². The number of anilines is 2. The van der Waals surface area contributed by atoms with E-state index in [-0.39, 0.29) is 17.8 Å². The van der Waals surface area contributed by atoms with Gasteiger partial charge in [0, 0.05) is 12.2 Å². The van der Waals surface area contributed by atoms with Crippen molar-refractivity contribution < 1.29 is 18.0 Å². The number of rotatable bonds is 6. The average molecular weight is 377 g/mol. The zero-order valence-electron chi connectivity index (χ0n) is 14.7. The van der Waals surface area contributed by atoms with E-state index in [4.69, 9.17) is 0 Å². The minimum absolute atomic E-state index is 0.0328. The van der Waals surface area contributed by atoms with E-state index in [1.54, 1.807) is 17.5 Å². The van der Waals surface area contributed by atoms with Gasteiger partial charge in [0.2, 0.25) is 5.95 Å². The molecule has 2 heterocycles. The summed E-state index contributed by atoms with van der Waals surface area (Å²) in [6, 6.07) is 9.80. The number of benzene rings is 1. The predicted octanol–water partition coefficient (Wildman–Crippen LogP) is 3.56. The van der Waals surface area contributed by atoms with Gasteiger partial charge < -0.3 is 10.6 Å². The summed E-state index contributed by atoms with van der Waals surface area (Å²) in [6.45, 7) is 3.71. The first-order chi connectivity index (χ1) is 12.7. The highest BCUT2D eigenvalue weighted by Crippen LogP contribution is 2.30. The van der Waals surface area contributed by atoms with Crippen LogP contribution in [0.5, 0.6) is 0 Å². The normalized spacial score (nSPS) is 12.9. The monoisotopic (exact) mass is 377 g/mol. The Morgan fingerprint density at radius 3 is 2.52 bits per heavy atom. The first-order valence-electron chi connectivity index (χ1n) is 8.27. The van der Waals surface area contributed by atoms with Gasteiger partial charge in [-0.05, 0) is 50.2 Å². The van der Waals surface area contributed by atoms with Crippen LogP contribution in [0.2, 0.25) is 0 Å². The average Bonchev–Trinajstić information content (AvgIpc) is 3.02. The van der Waals surface area contributed by atoms with Crippen LogP contribution in [0.1, 0.15) is 25.1 Å². The number of nitrogens with zero attached hydrogens (tertiary/aromatic N) is 3. The number of carbonyl (C=O) groups is 1. The first-order valence-corrected chi connectivity index (χ1v) is 8.27. The second-order valence-electron chi connectivity index (χ2n) is 6.14. The van der Waals surface area contributed by atoms with Crippen molar-refractivity contribution in [3.8, 4) is 0 Å². The molecule has 0 fully saturated rings. The molecule has 0 spiro atoms. The molecule has 27 heavy (non-hydrogen) atoms. The second kappa shape index (κ2) is 7.36. The molecule has 1 aromatic carbocycles. The Hall–Kier alpha value is -2.94. The van der Waals surface area contributed by atoms with E-state index in [1.807, 2.05) is 12.1 Å². The molecule has 6 nitrogen and oxygen atoms in total. The summed E-state index contributed by atoms with van der Waals surface area (Å²) in [5.74, 6) is 0.298. The fourth-order valence-corrected chi connectivity index (χ4v) is 2.42. The van der Waals surface area contributed by atoms with E-state index < -0.39 is 11.7 Å². The molecule has 0 unspecified atom stereocenters. The molecule has 3 aromatic rings. The van der Waals surface area contributed by atoms with Crippen LogP contribution in [0, 0.1) is 0 Å². The number of halogens is 3. The van der Waals surface area contributed by atoms with Gasteiger partial charge in [0.15, 0.2) is 5.65 Å². The van der Waals surface area contributed by atoms with E-state index in [0.717, 1.165) is 17.8 Å². The number of hydrogen-bond donors (Lipinski definition) is 2. The van der Waals surface area contributed by atoms with Gasteiger partial charge in [0.1, 0.15) is 5.78 Å². The number of fused-ring (bicyclic) bond motifs is 1. The highest BCUT2D eigenvalue weighted by Gasteiger charge is 2.29. The molecule has 142 valence electrons. The van der Waals surface area contributed by atoms with Crippen LogP contribution in [0.3, 0.4) is 0 Å². The third kappa shape index (κ3) is 4.43. The van der Waals surface area contributed by atoms with Gasteiger partial charge in [0.25, 0.3) is 0 Å². The van der Waals surface area contributed by atoms with Gasteiger partial charge in [-0.1, -0.05) is 6.07 Å². The third-order valence-electron chi connectivity index (χ3n) is 4.11. The number of nitrogens with one attached hydrogen (secondary N) is 2. The molecule has 0 amide bonds. The maximum Gasteiger partial charge on any atom is 0.416 e. The van der Waals surface area contributed by atoms with E-state index in [9.17, 15) is 18.0 Å². The molecule has 0 aliphatic heterocycles. The van der Waals surface area contributed by atoms with Gasteiger partial charge in [-0.3, -0.25) is 4.79 Å². The van der Waals surface area contributed by atoms with Crippen molar-refractivity contribution in [1.29, 1.82) is 0 Å². The van der Waals surface area contributed by atoms with Gasteiger partial charge in [-0.25, -0.2) is 4.52 Å². The van der Waals surface area contributed by atoms with Crippen molar-refractivity contribution in [1.82, 2.24) is 19.9 Å². The van der Waals surface area contributed by atoms with Crippen molar-refractivity contribution in [2.24, 2.45) is 0 Å². The van der Waals surface area contributed by atoms with E-state index in [0.29, 0.717) is 17.9 Å². The molecule has 0 saturated carbocycles. The summed E-state index contributed by atoms with van der Waals surface area (Å²) in [7, 11) is 0. The Kier molecular flexibility index (Phi) is 5.13. The lowest BCUT2D eigenvalue weighted by Crippen LogP contribution is -2.32. The first kappa shape index (κ1) is 18.8. The van der Waals surface area contributed by atoms with Gasteiger partial charge in [-0.2, -0.15) is 18.2 Å². The van der Waals surface area contributed by atoms with Gasteiger partial charge in [0.05, 0.1) is 17.3 Å². The van der Waals surface area contributed by atoms with Crippen LogP contribution in [0.15, 0.2) is 42.5 Å². The van der Waals surface area contributed by atoms with Crippen LogP contribution < -0.4 is 10.6 Å². The van der Waals surface area contributed by atoms with Crippen LogP contribution in [0.4, 0.5) is 24.8 Å². The zero-order valence-corrected chi connectivity index (χ0v) is 14.7. The van der Waals surface area contributed by atoms with Crippen molar-refractivity contribution in [3.05, 3.63) is 53.7 Å². The van der Waals surface area contributed by atoms with Crippen molar-refractivity contribution in [3.63, 3.8) is 0 Å². The molecule has 0 bridgehead atoms. The number of hydrogen-bond acceptors (Lipinski definition) is 5. The highest BCUT2D eigenvalue weighted by atomic mass is 19.4. The standard InChI is InChI=1S/C18H18F3N5O/c1-11(12(2)27)22-10-15-4-3-5-16-24-17(25-26(15)16)23-14-8-6-13(7-9-14)18(19,20)21/h3-9,11,22H,10H2,1-2H3,(H,23,25)/t11-/m1/s1. The summed E-state index contributed by atoms with van der Waals surface area (Å²) >= 11 is 0. The van der Waals surface area contributed by atoms with Gasteiger partial charge in [-0.15, -0.1) is 5.10 Å². The Morgan fingerprint density at radius 2 is 1.89 bits per heavy atom. The molecule has 0 saturated heterocycles. The summed E-state index contributed by atoms with van der Waals surface area (Å²) in [6.07, 6.45) is -4.38. The molecule has 0 aliphatic carbocycles. The summed E-state index contributed by atoms with van der Waals surface area (Å²) in [5, 5.41) is 10.4. The number of ketones is 1. The van der Waals surface area contributed by atoms with Crippen molar-refractivity contribution in [2.45, 2.75) is 32.6 Å². The molecule has 0 aliphatic rings. The number of aromatic nitrogens is 3. The van der Waals surface area contributed by atoms with E-state index in [2.05, 4.69) is 20.7 Å². The van der Waals surface area contributed by atoms with Crippen molar-refractivity contribution >= 4 is 23.1 Å². The Balaban J connectivity index is 1.78. The van der Waals surface area contributed by atoms with Crippen LogP contribution in [-0.2, 0) is 17.5 Å². The maximum atomic E-state index is 12.6. The minimum Gasteiger partial charge on any atom is -0.323 e. The summed E-state index contributed by atoms with van der Waals surface area (Å²) in [5.41, 5.74) is 1.11. The van der Waals surface area contributed by atoms with E-state index in [1.165, 1.54) is 19.1 Å². The number of carbonyl (C=O) groups excluding carboxylic acids is 1.